The number of esters is 1. The van der Waals surface area contributed by atoms with E-state index < -0.39 is 46.3 Å². The van der Waals surface area contributed by atoms with E-state index in [1.165, 1.54) is 13.8 Å². The summed E-state index contributed by atoms with van der Waals surface area (Å²) in [5.41, 5.74) is 3.33. The summed E-state index contributed by atoms with van der Waals surface area (Å²) in [7, 11) is 0. The first-order valence-electron chi connectivity index (χ1n) is 6.68. The molecule has 0 radical (unpaired) electrons. The van der Waals surface area contributed by atoms with E-state index in [0.717, 1.165) is 0 Å². The fraction of sp³-hybridized carbons (Fsp3) is 0.429. The molecule has 4 nitrogen and oxygen atoms in total. The summed E-state index contributed by atoms with van der Waals surface area (Å²) in [5.74, 6) is -1.33. The maximum Gasteiger partial charge on any atom is 0.422 e. The van der Waals surface area contributed by atoms with Gasteiger partial charge in [0.05, 0.1) is 23.3 Å². The van der Waals surface area contributed by atoms with Crippen molar-refractivity contribution in [3.63, 3.8) is 0 Å². The monoisotopic (exact) mass is 354 g/mol. The lowest BCUT2D eigenvalue weighted by Crippen LogP contribution is -2.24. The zero-order chi connectivity index (χ0) is 18.7. The first kappa shape index (κ1) is 19.7. The molecule has 0 amide bonds. The van der Waals surface area contributed by atoms with E-state index in [-0.39, 0.29) is 19.1 Å². The molecule has 0 aliphatic heterocycles. The van der Waals surface area contributed by atoms with Gasteiger partial charge < -0.3 is 10.3 Å². The van der Waals surface area contributed by atoms with Crippen LogP contribution in [0.25, 0.3) is 5.53 Å². The molecule has 0 aromatic heterocycles. The maximum absolute atomic E-state index is 13.1. The molecule has 1 rings (SSSR count). The molecule has 24 heavy (non-hydrogen) atoms. The number of ether oxygens (including phenoxy) is 1. The molecular formula is C14H12F6N2O2. The first-order valence-corrected chi connectivity index (χ1v) is 6.68. The molecule has 132 valence electrons. The molecule has 0 aliphatic rings. The van der Waals surface area contributed by atoms with Crippen molar-refractivity contribution in [2.45, 2.75) is 32.6 Å². The third-order valence-corrected chi connectivity index (χ3v) is 3.06. The fourth-order valence-electron chi connectivity index (χ4n) is 2.08. The lowest BCUT2D eigenvalue weighted by atomic mass is 9.92. The Morgan fingerprint density at radius 2 is 1.71 bits per heavy atom. The molecule has 10 heteroatoms. The van der Waals surface area contributed by atoms with Crippen molar-refractivity contribution in [1.29, 1.82) is 0 Å². The lowest BCUT2D eigenvalue weighted by molar-refractivity contribution is -0.144. The predicted octanol–water partition coefficient (Wildman–Crippen LogP) is 3.87. The van der Waals surface area contributed by atoms with Crippen LogP contribution >= 0.6 is 0 Å². The van der Waals surface area contributed by atoms with Crippen LogP contribution < -0.4 is 0 Å². The van der Waals surface area contributed by atoms with E-state index in [9.17, 15) is 31.1 Å². The zero-order valence-corrected chi connectivity index (χ0v) is 12.5. The summed E-state index contributed by atoms with van der Waals surface area (Å²) in [4.78, 5) is 14.2. The van der Waals surface area contributed by atoms with Crippen LogP contribution in [0, 0.1) is 0 Å². The number of alkyl halides is 6. The Kier molecular flexibility index (Phi) is 5.78. The highest BCUT2D eigenvalue weighted by Gasteiger charge is 2.41. The SMILES string of the molecule is CCOC(=O)C(=[N+]=[N-])c1cc(C(F)(F)F)cc(C(F)(F)F)c1CC. The summed E-state index contributed by atoms with van der Waals surface area (Å²) >= 11 is 0. The van der Waals surface area contributed by atoms with E-state index in [0.29, 0.717) is 6.07 Å². The van der Waals surface area contributed by atoms with Gasteiger partial charge in [0.1, 0.15) is 0 Å². The molecule has 0 aliphatic carbocycles. The van der Waals surface area contributed by atoms with E-state index in [2.05, 4.69) is 9.53 Å². The lowest BCUT2D eigenvalue weighted by Gasteiger charge is -2.17. The number of carbonyl (C=O) groups excluding carboxylic acids is 1. The number of halogens is 6. The highest BCUT2D eigenvalue weighted by Crippen LogP contribution is 2.39. The fourth-order valence-corrected chi connectivity index (χ4v) is 2.08. The predicted molar refractivity (Wildman–Crippen MR) is 70.2 cm³/mol. The minimum Gasteiger partial charge on any atom is -0.457 e. The van der Waals surface area contributed by atoms with Gasteiger partial charge in [-0.3, -0.25) is 0 Å². The third kappa shape index (κ3) is 4.14. The Morgan fingerprint density at radius 1 is 1.12 bits per heavy atom. The average molecular weight is 354 g/mol. The van der Waals surface area contributed by atoms with E-state index in [1.807, 2.05) is 0 Å². The molecule has 0 bridgehead atoms. The number of carbonyl (C=O) groups is 1. The number of hydrogen-bond acceptors (Lipinski definition) is 2. The van der Waals surface area contributed by atoms with Gasteiger partial charge >= 0.3 is 24.0 Å². The Hall–Kier alpha value is -2.35. The number of benzene rings is 1. The van der Waals surface area contributed by atoms with Crippen LogP contribution in [0.2, 0.25) is 0 Å². The molecule has 0 heterocycles. The largest absolute Gasteiger partial charge is 0.457 e. The standard InChI is InChI=1S/C14H12F6N2O2/c1-3-8-9(11(22-21)12(23)24-4-2)5-7(13(15,16)17)6-10(8)14(18,19)20/h5-6H,3-4H2,1-2H3. The van der Waals surface area contributed by atoms with Crippen LogP contribution in [0.3, 0.4) is 0 Å². The topological polar surface area (TPSA) is 62.7 Å². The molecule has 0 unspecified atom stereocenters. The van der Waals surface area contributed by atoms with Crippen molar-refractivity contribution >= 4 is 11.7 Å². The quantitative estimate of drug-likeness (QED) is 0.271. The summed E-state index contributed by atoms with van der Waals surface area (Å²) in [6, 6.07) is 0.294. The van der Waals surface area contributed by atoms with E-state index in [1.54, 1.807) is 0 Å². The molecular weight excluding hydrogens is 342 g/mol. The van der Waals surface area contributed by atoms with Crippen molar-refractivity contribution < 1.29 is 40.7 Å². The smallest absolute Gasteiger partial charge is 0.422 e. The second-order valence-electron chi connectivity index (χ2n) is 4.57. The van der Waals surface area contributed by atoms with Crippen LogP contribution in [-0.4, -0.2) is 23.1 Å². The van der Waals surface area contributed by atoms with E-state index >= 15 is 0 Å². The van der Waals surface area contributed by atoms with Crippen LogP contribution in [0.4, 0.5) is 26.3 Å². The number of rotatable bonds is 4. The van der Waals surface area contributed by atoms with Gasteiger partial charge in [0.15, 0.2) is 0 Å². The molecule has 0 atom stereocenters. The molecule has 0 saturated carbocycles. The molecule has 1 aromatic rings. The maximum atomic E-state index is 13.1. The summed E-state index contributed by atoms with van der Waals surface area (Å²) < 4.78 is 82.6. The van der Waals surface area contributed by atoms with Gasteiger partial charge in [-0.25, -0.2) is 4.79 Å². The second-order valence-corrected chi connectivity index (χ2v) is 4.57. The van der Waals surface area contributed by atoms with Crippen molar-refractivity contribution in [3.8, 4) is 0 Å². The Bertz CT molecular complexity index is 688. The van der Waals surface area contributed by atoms with Crippen molar-refractivity contribution in [2.75, 3.05) is 6.61 Å². The summed E-state index contributed by atoms with van der Waals surface area (Å²) in [6.07, 6.45) is -10.5. The van der Waals surface area contributed by atoms with Crippen LogP contribution in [-0.2, 0) is 28.3 Å². The number of hydrogen-bond donors (Lipinski definition) is 0. The first-order chi connectivity index (χ1) is 11.0. The van der Waals surface area contributed by atoms with Gasteiger partial charge in [-0.05, 0) is 31.0 Å². The van der Waals surface area contributed by atoms with Crippen molar-refractivity contribution in [2.24, 2.45) is 0 Å². The molecule has 0 saturated heterocycles. The minimum atomic E-state index is -5.09. The Balaban J connectivity index is 3.81. The number of nitrogens with zero attached hydrogens (tertiary/aromatic N) is 2. The zero-order valence-electron chi connectivity index (χ0n) is 12.5. The van der Waals surface area contributed by atoms with Crippen LogP contribution in [0.1, 0.15) is 36.1 Å². The third-order valence-electron chi connectivity index (χ3n) is 3.06. The average Bonchev–Trinajstić information content (AvgIpc) is 2.45. The highest BCUT2D eigenvalue weighted by molar-refractivity contribution is 6.41. The van der Waals surface area contributed by atoms with Crippen molar-refractivity contribution in [1.82, 2.24) is 0 Å². The van der Waals surface area contributed by atoms with Gasteiger partial charge in [-0.1, -0.05) is 6.92 Å². The van der Waals surface area contributed by atoms with Crippen molar-refractivity contribution in [3.05, 3.63) is 39.9 Å². The van der Waals surface area contributed by atoms with Gasteiger partial charge in [0.2, 0.25) is 0 Å². The minimum absolute atomic E-state index is 0.0392. The van der Waals surface area contributed by atoms with E-state index in [4.69, 9.17) is 5.53 Å². The van der Waals surface area contributed by atoms with Crippen LogP contribution in [0.15, 0.2) is 12.1 Å². The Labute approximate surface area is 132 Å². The van der Waals surface area contributed by atoms with Gasteiger partial charge in [-0.15, -0.1) is 0 Å². The molecule has 0 N–H and O–H groups in total. The molecule has 0 spiro atoms. The molecule has 0 fully saturated rings. The van der Waals surface area contributed by atoms with Crippen LogP contribution in [0.5, 0.6) is 0 Å². The van der Waals surface area contributed by atoms with Gasteiger partial charge in [0.25, 0.3) is 0 Å². The molecule has 1 aromatic carbocycles. The van der Waals surface area contributed by atoms with Gasteiger partial charge in [0, 0.05) is 0 Å². The summed E-state index contributed by atoms with van der Waals surface area (Å²) in [6.45, 7) is 2.44. The highest BCUT2D eigenvalue weighted by atomic mass is 19.4. The summed E-state index contributed by atoms with van der Waals surface area (Å²) in [5, 5.41) is 0. The second kappa shape index (κ2) is 7.04. The van der Waals surface area contributed by atoms with Gasteiger partial charge in [-0.2, -0.15) is 31.1 Å². The Morgan fingerprint density at radius 3 is 2.08 bits per heavy atom. The normalized spacial score (nSPS) is 11.8.